The molecule has 12 heteroatoms. The summed E-state index contributed by atoms with van der Waals surface area (Å²) in [5.74, 6) is -1.92. The Hall–Kier alpha value is -2.40. The lowest BCUT2D eigenvalue weighted by atomic mass is 10.1. The van der Waals surface area contributed by atoms with Gasteiger partial charge in [-0.25, -0.2) is 8.70 Å². The molecule has 2 amide bonds. The number of carbonyl (C=O) groups is 2. The van der Waals surface area contributed by atoms with Gasteiger partial charge in [-0.05, 0) is 43.2 Å². The van der Waals surface area contributed by atoms with Gasteiger partial charge in [0, 0.05) is 37.2 Å². The van der Waals surface area contributed by atoms with Gasteiger partial charge in [-0.3, -0.25) is 9.59 Å². The van der Waals surface area contributed by atoms with Crippen molar-refractivity contribution in [2.45, 2.75) is 32.9 Å². The number of halogens is 3. The second kappa shape index (κ2) is 12.5. The fourth-order valence-electron chi connectivity index (χ4n) is 3.40. The summed E-state index contributed by atoms with van der Waals surface area (Å²) < 4.78 is 42.3. The summed E-state index contributed by atoms with van der Waals surface area (Å²) in [5, 5.41) is 3.38. The van der Waals surface area contributed by atoms with E-state index in [4.69, 9.17) is 23.2 Å². The van der Waals surface area contributed by atoms with Crippen molar-refractivity contribution in [1.82, 2.24) is 14.5 Å². The maximum Gasteiger partial charge on any atom is 0.304 e. The van der Waals surface area contributed by atoms with Gasteiger partial charge in [-0.2, -0.15) is 12.7 Å². The van der Waals surface area contributed by atoms with E-state index >= 15 is 0 Å². The summed E-state index contributed by atoms with van der Waals surface area (Å²) >= 11 is 12.3. The quantitative estimate of drug-likeness (QED) is 0.465. The standard InChI is InChI=1S/C23H29Cl2FN4O4S/c1-5-20(23(32)27-6-2)29(14-16-11-12-17(24)13-18(16)25)22(31)15-30(35(33,34)28(3)4)21-10-8-7-9-19(21)26/h7-13,20H,5-6,14-15H2,1-4H3,(H,27,32)/t20-/m1/s1. The van der Waals surface area contributed by atoms with Crippen LogP contribution >= 0.6 is 23.2 Å². The highest BCUT2D eigenvalue weighted by molar-refractivity contribution is 7.90. The van der Waals surface area contributed by atoms with Crippen LogP contribution in [0.5, 0.6) is 0 Å². The van der Waals surface area contributed by atoms with E-state index in [1.807, 2.05) is 0 Å². The van der Waals surface area contributed by atoms with Gasteiger partial charge in [0.25, 0.3) is 0 Å². The average molecular weight is 547 g/mol. The summed E-state index contributed by atoms with van der Waals surface area (Å²) in [4.78, 5) is 27.7. The maximum atomic E-state index is 14.6. The molecule has 1 atom stereocenters. The van der Waals surface area contributed by atoms with Crippen LogP contribution in [0, 0.1) is 5.82 Å². The summed E-state index contributed by atoms with van der Waals surface area (Å²) in [6.45, 7) is 3.00. The van der Waals surface area contributed by atoms with Crippen LogP contribution in [0.4, 0.5) is 10.1 Å². The van der Waals surface area contributed by atoms with Crippen molar-refractivity contribution < 1.29 is 22.4 Å². The molecular formula is C23H29Cl2FN4O4S. The summed E-state index contributed by atoms with van der Waals surface area (Å²) in [5.41, 5.74) is 0.227. The molecule has 0 saturated heterocycles. The second-order valence-corrected chi connectivity index (χ2v) is 10.7. The van der Waals surface area contributed by atoms with Crippen molar-refractivity contribution in [2.24, 2.45) is 0 Å². The maximum absolute atomic E-state index is 14.6. The summed E-state index contributed by atoms with van der Waals surface area (Å²) in [7, 11) is -1.70. The summed E-state index contributed by atoms with van der Waals surface area (Å²) in [6.07, 6.45) is 0.253. The molecule has 0 bridgehead atoms. The molecule has 0 heterocycles. The van der Waals surface area contributed by atoms with Crippen molar-refractivity contribution in [3.63, 3.8) is 0 Å². The predicted octanol–water partition coefficient (Wildman–Crippen LogP) is 3.69. The largest absolute Gasteiger partial charge is 0.355 e. The lowest BCUT2D eigenvalue weighted by Gasteiger charge is -2.34. The zero-order chi connectivity index (χ0) is 26.3. The highest BCUT2D eigenvalue weighted by atomic mass is 35.5. The van der Waals surface area contributed by atoms with E-state index in [1.165, 1.54) is 43.3 Å². The average Bonchev–Trinajstić information content (AvgIpc) is 2.79. The number of rotatable bonds is 11. The zero-order valence-corrected chi connectivity index (χ0v) is 22.3. The van der Waals surface area contributed by atoms with Crippen LogP contribution in [0.25, 0.3) is 0 Å². The van der Waals surface area contributed by atoms with Crippen LogP contribution in [0.2, 0.25) is 10.0 Å². The molecular weight excluding hydrogens is 518 g/mol. The Labute approximate surface area is 215 Å². The molecule has 0 aromatic heterocycles. The fourth-order valence-corrected chi connectivity index (χ4v) is 4.93. The normalized spacial score (nSPS) is 12.3. The zero-order valence-electron chi connectivity index (χ0n) is 20.0. The predicted molar refractivity (Wildman–Crippen MR) is 136 cm³/mol. The SMILES string of the molecule is CCNC(=O)[C@@H](CC)N(Cc1ccc(Cl)cc1Cl)C(=O)CN(c1ccccc1F)S(=O)(=O)N(C)C. The number of benzene rings is 2. The number of anilines is 1. The van der Waals surface area contributed by atoms with Gasteiger partial charge in [0.05, 0.1) is 5.69 Å². The Kier molecular flexibility index (Phi) is 10.3. The number of nitrogens with one attached hydrogen (secondary N) is 1. The minimum absolute atomic E-state index is 0.0857. The van der Waals surface area contributed by atoms with Gasteiger partial charge in [-0.1, -0.05) is 48.3 Å². The lowest BCUT2D eigenvalue weighted by Crippen LogP contribution is -2.53. The molecule has 0 radical (unpaired) electrons. The molecule has 0 unspecified atom stereocenters. The number of nitrogens with zero attached hydrogens (tertiary/aromatic N) is 3. The van der Waals surface area contributed by atoms with E-state index in [0.717, 1.165) is 10.4 Å². The van der Waals surface area contributed by atoms with Crippen LogP contribution in [0.15, 0.2) is 42.5 Å². The Morgan fingerprint density at radius 3 is 2.29 bits per heavy atom. The minimum atomic E-state index is -4.26. The number of hydrogen-bond donors (Lipinski definition) is 1. The first-order chi connectivity index (χ1) is 16.4. The smallest absolute Gasteiger partial charge is 0.304 e. The molecule has 2 rings (SSSR count). The van der Waals surface area contributed by atoms with Crippen molar-refractivity contribution in [2.75, 3.05) is 31.5 Å². The van der Waals surface area contributed by atoms with Gasteiger partial charge in [0.2, 0.25) is 11.8 Å². The van der Waals surface area contributed by atoms with E-state index < -0.39 is 40.4 Å². The molecule has 192 valence electrons. The highest BCUT2D eigenvalue weighted by Crippen LogP contribution is 2.26. The van der Waals surface area contributed by atoms with Gasteiger partial charge in [0.15, 0.2) is 0 Å². The Bertz CT molecular complexity index is 1160. The second-order valence-electron chi connectivity index (χ2n) is 7.82. The molecule has 0 aliphatic carbocycles. The monoisotopic (exact) mass is 546 g/mol. The van der Waals surface area contributed by atoms with E-state index in [9.17, 15) is 22.4 Å². The number of carbonyl (C=O) groups excluding carboxylic acids is 2. The third-order valence-corrected chi connectivity index (χ3v) is 7.63. The first-order valence-corrected chi connectivity index (χ1v) is 13.0. The lowest BCUT2D eigenvalue weighted by molar-refractivity contribution is -0.140. The first kappa shape index (κ1) is 28.8. The molecule has 0 fully saturated rings. The molecule has 35 heavy (non-hydrogen) atoms. The fraction of sp³-hybridized carbons (Fsp3) is 0.391. The molecule has 0 spiro atoms. The topological polar surface area (TPSA) is 90.0 Å². The van der Waals surface area contributed by atoms with E-state index in [-0.39, 0.29) is 23.7 Å². The van der Waals surface area contributed by atoms with Gasteiger partial charge in [0.1, 0.15) is 18.4 Å². The van der Waals surface area contributed by atoms with Crippen molar-refractivity contribution in [3.05, 3.63) is 63.9 Å². The van der Waals surface area contributed by atoms with Gasteiger partial charge < -0.3 is 10.2 Å². The third kappa shape index (κ3) is 7.07. The number of hydrogen-bond acceptors (Lipinski definition) is 4. The molecule has 2 aromatic rings. The van der Waals surface area contributed by atoms with Crippen LogP contribution in [0.1, 0.15) is 25.8 Å². The highest BCUT2D eigenvalue weighted by Gasteiger charge is 2.34. The molecule has 8 nitrogen and oxygen atoms in total. The number of likely N-dealkylation sites (N-methyl/N-ethyl adjacent to an activating group) is 1. The Morgan fingerprint density at radius 2 is 1.74 bits per heavy atom. The molecule has 2 aromatic carbocycles. The number of amides is 2. The Balaban J connectivity index is 2.55. The van der Waals surface area contributed by atoms with Crippen LogP contribution in [0.3, 0.4) is 0 Å². The molecule has 0 aliphatic rings. The van der Waals surface area contributed by atoms with Crippen LogP contribution in [-0.2, 0) is 26.3 Å². The molecule has 0 saturated carbocycles. The van der Waals surface area contributed by atoms with E-state index in [1.54, 1.807) is 26.0 Å². The summed E-state index contributed by atoms with van der Waals surface area (Å²) in [6, 6.07) is 9.07. The van der Waals surface area contributed by atoms with Crippen molar-refractivity contribution in [3.8, 4) is 0 Å². The minimum Gasteiger partial charge on any atom is -0.355 e. The first-order valence-electron chi connectivity index (χ1n) is 10.9. The van der Waals surface area contributed by atoms with E-state index in [0.29, 0.717) is 21.4 Å². The third-order valence-electron chi connectivity index (χ3n) is 5.23. The molecule has 0 aliphatic heterocycles. The van der Waals surface area contributed by atoms with E-state index in [2.05, 4.69) is 5.32 Å². The van der Waals surface area contributed by atoms with Crippen LogP contribution < -0.4 is 9.62 Å². The van der Waals surface area contributed by atoms with Crippen molar-refractivity contribution >= 4 is 50.9 Å². The van der Waals surface area contributed by atoms with Crippen molar-refractivity contribution in [1.29, 1.82) is 0 Å². The van der Waals surface area contributed by atoms with Crippen LogP contribution in [-0.4, -0.2) is 62.7 Å². The Morgan fingerprint density at radius 1 is 1.09 bits per heavy atom. The number of para-hydroxylation sites is 1. The molecule has 1 N–H and O–H groups in total. The van der Waals surface area contributed by atoms with Gasteiger partial charge >= 0.3 is 10.2 Å². The van der Waals surface area contributed by atoms with Gasteiger partial charge in [-0.15, -0.1) is 0 Å².